The maximum atomic E-state index is 13.5. The maximum absolute atomic E-state index is 13.5. The Morgan fingerprint density at radius 1 is 1.12 bits per heavy atom. The Labute approximate surface area is 145 Å². The van der Waals surface area contributed by atoms with Gasteiger partial charge in [0.25, 0.3) is 5.91 Å². The number of benzene rings is 2. The maximum Gasteiger partial charge on any atom is 0.344 e. The fourth-order valence-electron chi connectivity index (χ4n) is 2.03. The summed E-state index contributed by atoms with van der Waals surface area (Å²) in [6.45, 7) is 5.00. The molecule has 2 aromatic rings. The molecule has 0 unspecified atom stereocenters. The van der Waals surface area contributed by atoms with Crippen LogP contribution in [0.1, 0.15) is 18.1 Å². The van der Waals surface area contributed by atoms with Crippen LogP contribution in [0.2, 0.25) is 0 Å². The predicted molar refractivity (Wildman–Crippen MR) is 92.0 cm³/mol. The van der Waals surface area contributed by atoms with Crippen molar-refractivity contribution >= 4 is 17.6 Å². The van der Waals surface area contributed by atoms with E-state index in [2.05, 4.69) is 5.32 Å². The zero-order valence-electron chi connectivity index (χ0n) is 14.3. The number of esters is 1. The summed E-state index contributed by atoms with van der Waals surface area (Å²) in [5.41, 5.74) is 2.19. The molecule has 2 aromatic carbocycles. The van der Waals surface area contributed by atoms with E-state index in [-0.39, 0.29) is 12.3 Å². The number of nitrogens with one attached hydrogen (secondary N) is 1. The lowest BCUT2D eigenvalue weighted by atomic mass is 10.1. The Hall–Kier alpha value is -2.89. The molecule has 0 aromatic heterocycles. The van der Waals surface area contributed by atoms with Crippen LogP contribution in [-0.4, -0.2) is 24.6 Å². The van der Waals surface area contributed by atoms with Crippen molar-refractivity contribution in [1.29, 1.82) is 0 Å². The number of aryl methyl sites for hydroxylation is 2. The second-order valence-corrected chi connectivity index (χ2v) is 5.64. The van der Waals surface area contributed by atoms with E-state index >= 15 is 0 Å². The number of hydrogen-bond donors (Lipinski definition) is 1. The molecule has 1 atom stereocenters. The van der Waals surface area contributed by atoms with Gasteiger partial charge in [-0.25, -0.2) is 9.18 Å². The molecule has 0 heterocycles. The van der Waals surface area contributed by atoms with Crippen molar-refractivity contribution in [2.24, 2.45) is 0 Å². The molecule has 0 radical (unpaired) electrons. The minimum absolute atomic E-state index is 0.0294. The summed E-state index contributed by atoms with van der Waals surface area (Å²) in [6.07, 6.45) is -1.07. The fourth-order valence-corrected chi connectivity index (χ4v) is 2.03. The van der Waals surface area contributed by atoms with Gasteiger partial charge in [0.05, 0.1) is 5.69 Å². The van der Waals surface area contributed by atoms with Gasteiger partial charge in [-0.05, 0) is 56.2 Å². The average Bonchev–Trinajstić information content (AvgIpc) is 2.58. The van der Waals surface area contributed by atoms with Crippen LogP contribution in [0.15, 0.2) is 42.5 Å². The highest BCUT2D eigenvalue weighted by molar-refractivity contribution is 5.95. The van der Waals surface area contributed by atoms with E-state index in [1.807, 2.05) is 26.0 Å². The van der Waals surface area contributed by atoms with Gasteiger partial charge in [0.1, 0.15) is 11.6 Å². The third-order valence-electron chi connectivity index (χ3n) is 3.64. The normalized spacial score (nSPS) is 11.5. The Bertz CT molecular complexity index is 776. The van der Waals surface area contributed by atoms with Gasteiger partial charge in [0, 0.05) is 0 Å². The molecule has 0 spiro atoms. The quantitative estimate of drug-likeness (QED) is 0.815. The molecule has 0 saturated heterocycles. The number of anilines is 1. The second-order valence-electron chi connectivity index (χ2n) is 5.64. The molecule has 0 bridgehead atoms. The lowest BCUT2D eigenvalue weighted by Crippen LogP contribution is -2.31. The highest BCUT2D eigenvalue weighted by Crippen LogP contribution is 2.16. The molecule has 25 heavy (non-hydrogen) atoms. The molecule has 0 aliphatic carbocycles. The molecule has 0 aliphatic heterocycles. The lowest BCUT2D eigenvalue weighted by molar-refractivity contribution is -0.155. The molecular formula is C19H20FNO4. The Balaban J connectivity index is 1.83. The van der Waals surface area contributed by atoms with Crippen LogP contribution in [0.3, 0.4) is 0 Å². The van der Waals surface area contributed by atoms with Crippen molar-refractivity contribution in [3.05, 3.63) is 59.4 Å². The predicted octanol–water partition coefficient (Wildman–Crippen LogP) is 3.39. The number of carbonyl (C=O) groups excluding carboxylic acids is 2. The molecule has 5 nitrogen and oxygen atoms in total. The molecule has 132 valence electrons. The molecule has 0 saturated carbocycles. The van der Waals surface area contributed by atoms with Crippen LogP contribution in [0.5, 0.6) is 5.75 Å². The zero-order chi connectivity index (χ0) is 18.4. The van der Waals surface area contributed by atoms with E-state index in [0.29, 0.717) is 5.75 Å². The van der Waals surface area contributed by atoms with Gasteiger partial charge in [0.15, 0.2) is 12.7 Å². The van der Waals surface area contributed by atoms with Gasteiger partial charge in [-0.3, -0.25) is 4.79 Å². The number of ether oxygens (including phenoxy) is 2. The Morgan fingerprint density at radius 3 is 2.52 bits per heavy atom. The van der Waals surface area contributed by atoms with Crippen molar-refractivity contribution in [2.75, 3.05) is 11.9 Å². The van der Waals surface area contributed by atoms with E-state index in [0.717, 1.165) is 11.1 Å². The van der Waals surface area contributed by atoms with Gasteiger partial charge in [-0.1, -0.05) is 18.2 Å². The molecule has 1 N–H and O–H groups in total. The second kappa shape index (κ2) is 8.28. The first-order valence-corrected chi connectivity index (χ1v) is 7.81. The minimum atomic E-state index is -1.07. The van der Waals surface area contributed by atoms with Gasteiger partial charge in [-0.15, -0.1) is 0 Å². The highest BCUT2D eigenvalue weighted by atomic mass is 19.1. The van der Waals surface area contributed by atoms with Crippen molar-refractivity contribution in [3.63, 3.8) is 0 Å². The van der Waals surface area contributed by atoms with Crippen LogP contribution in [0.4, 0.5) is 10.1 Å². The zero-order valence-corrected chi connectivity index (χ0v) is 14.3. The summed E-state index contributed by atoms with van der Waals surface area (Å²) in [5.74, 6) is -1.32. The number of carbonyl (C=O) groups is 2. The molecule has 0 aliphatic rings. The summed E-state index contributed by atoms with van der Waals surface area (Å²) in [6, 6.07) is 11.2. The smallest absolute Gasteiger partial charge is 0.344 e. The molecule has 1 amide bonds. The monoisotopic (exact) mass is 345 g/mol. The molecule has 0 fully saturated rings. The first kappa shape index (κ1) is 18.4. The summed E-state index contributed by atoms with van der Waals surface area (Å²) < 4.78 is 23.9. The van der Waals surface area contributed by atoms with Crippen molar-refractivity contribution in [2.45, 2.75) is 26.9 Å². The third-order valence-corrected chi connectivity index (χ3v) is 3.64. The van der Waals surface area contributed by atoms with Gasteiger partial charge in [-0.2, -0.15) is 0 Å². The van der Waals surface area contributed by atoms with E-state index < -0.39 is 23.8 Å². The summed E-state index contributed by atoms with van der Waals surface area (Å²) in [5, 5.41) is 2.37. The lowest BCUT2D eigenvalue weighted by Gasteiger charge is -2.14. The van der Waals surface area contributed by atoms with Crippen LogP contribution < -0.4 is 10.1 Å². The Kier molecular flexibility index (Phi) is 6.11. The average molecular weight is 345 g/mol. The third kappa shape index (κ3) is 5.31. The first-order chi connectivity index (χ1) is 11.9. The number of halogens is 1. The SMILES string of the molecule is Cc1ccc(OCC(=O)O[C@H](C)C(=O)Nc2ccccc2F)cc1C. The standard InChI is InChI=1S/C19H20FNO4/c1-12-8-9-15(10-13(12)2)24-11-18(22)25-14(3)19(23)21-17-7-5-4-6-16(17)20/h4-10,14H,11H2,1-3H3,(H,21,23)/t14-/m1/s1. The number of amides is 1. The van der Waals surface area contributed by atoms with Crippen molar-refractivity contribution < 1.29 is 23.5 Å². The van der Waals surface area contributed by atoms with E-state index in [1.54, 1.807) is 12.1 Å². The van der Waals surface area contributed by atoms with Gasteiger partial charge in [0.2, 0.25) is 0 Å². The minimum Gasteiger partial charge on any atom is -0.482 e. The summed E-state index contributed by atoms with van der Waals surface area (Å²) in [7, 11) is 0. The number of rotatable bonds is 6. The van der Waals surface area contributed by atoms with Crippen LogP contribution in [-0.2, 0) is 14.3 Å². The number of para-hydroxylation sites is 1. The molecule has 6 heteroatoms. The Morgan fingerprint density at radius 2 is 1.84 bits per heavy atom. The first-order valence-electron chi connectivity index (χ1n) is 7.81. The van der Waals surface area contributed by atoms with Crippen LogP contribution in [0, 0.1) is 19.7 Å². The molecule has 2 rings (SSSR count). The van der Waals surface area contributed by atoms with Crippen molar-refractivity contribution in [1.82, 2.24) is 0 Å². The summed E-state index contributed by atoms with van der Waals surface area (Å²) >= 11 is 0. The van der Waals surface area contributed by atoms with E-state index in [9.17, 15) is 14.0 Å². The van der Waals surface area contributed by atoms with Crippen LogP contribution >= 0.6 is 0 Å². The van der Waals surface area contributed by atoms with E-state index in [4.69, 9.17) is 9.47 Å². The highest BCUT2D eigenvalue weighted by Gasteiger charge is 2.19. The summed E-state index contributed by atoms with van der Waals surface area (Å²) in [4.78, 5) is 23.8. The van der Waals surface area contributed by atoms with Crippen molar-refractivity contribution in [3.8, 4) is 5.75 Å². The number of hydrogen-bond acceptors (Lipinski definition) is 4. The van der Waals surface area contributed by atoms with E-state index in [1.165, 1.54) is 25.1 Å². The van der Waals surface area contributed by atoms with Gasteiger partial charge >= 0.3 is 5.97 Å². The molecular weight excluding hydrogens is 325 g/mol. The fraction of sp³-hybridized carbons (Fsp3) is 0.263. The largest absolute Gasteiger partial charge is 0.482 e. The van der Waals surface area contributed by atoms with Gasteiger partial charge < -0.3 is 14.8 Å². The van der Waals surface area contributed by atoms with Crippen LogP contribution in [0.25, 0.3) is 0 Å². The topological polar surface area (TPSA) is 64.6 Å².